The van der Waals surface area contributed by atoms with E-state index < -0.39 is 11.8 Å². The van der Waals surface area contributed by atoms with Gasteiger partial charge in [0.15, 0.2) is 0 Å². The number of halogens is 2. The molecule has 1 amide bonds. The van der Waals surface area contributed by atoms with Gasteiger partial charge in [-0.2, -0.15) is 15.3 Å². The molecule has 1 atom stereocenters. The maximum absolute atomic E-state index is 13.7. The molecule has 238 valence electrons. The van der Waals surface area contributed by atoms with Crippen LogP contribution in [0.1, 0.15) is 61.3 Å². The lowest BCUT2D eigenvalue weighted by Crippen LogP contribution is -2.39. The van der Waals surface area contributed by atoms with Gasteiger partial charge in [-0.3, -0.25) is 14.5 Å². The standard InChI is InChI=1S/C34H37F2N9O/c1-45-21-27(20-42-45)25-9-12-29(38-18-25)30(32(46)40-16-22-5-3-2-4-6-22)24-7-10-28(11-8-24)43-33-41-19-26(15-37)31(44-33)39-17-23-13-34(35,36)14-23/h2-6,9,12,18-21,23-24,28,30H,7-8,10-11,13-14,16-17H2,1H3,(H,40,46)(H2,39,41,43,44). The molecule has 46 heavy (non-hydrogen) atoms. The van der Waals surface area contributed by atoms with Crippen molar-refractivity contribution in [3.8, 4) is 17.2 Å². The molecule has 2 aliphatic rings. The zero-order valence-corrected chi connectivity index (χ0v) is 25.7. The van der Waals surface area contributed by atoms with E-state index in [4.69, 9.17) is 4.98 Å². The molecule has 10 nitrogen and oxygen atoms in total. The summed E-state index contributed by atoms with van der Waals surface area (Å²) in [6, 6.07) is 15.9. The SMILES string of the molecule is Cn1cc(-c2ccc(C(C(=O)NCc3ccccc3)C3CCC(Nc4ncc(C#N)c(NCC5CC(F)(F)C5)n4)CC3)nc2)cn1. The van der Waals surface area contributed by atoms with Gasteiger partial charge in [-0.05, 0) is 49.1 Å². The zero-order valence-electron chi connectivity index (χ0n) is 25.7. The van der Waals surface area contributed by atoms with E-state index in [9.17, 15) is 18.8 Å². The summed E-state index contributed by atoms with van der Waals surface area (Å²) in [5, 5.41) is 23.3. The van der Waals surface area contributed by atoms with Gasteiger partial charge in [-0.15, -0.1) is 0 Å². The Labute approximate surface area is 266 Å². The summed E-state index contributed by atoms with van der Waals surface area (Å²) >= 11 is 0. The monoisotopic (exact) mass is 625 g/mol. The second-order valence-corrected chi connectivity index (χ2v) is 12.4. The molecule has 3 aromatic heterocycles. The van der Waals surface area contributed by atoms with E-state index >= 15 is 0 Å². The summed E-state index contributed by atoms with van der Waals surface area (Å²) in [7, 11) is 1.87. The Hall–Kier alpha value is -4.92. The van der Waals surface area contributed by atoms with Crippen molar-refractivity contribution >= 4 is 17.7 Å². The van der Waals surface area contributed by atoms with Crippen LogP contribution >= 0.6 is 0 Å². The Morgan fingerprint density at radius 3 is 2.48 bits per heavy atom. The largest absolute Gasteiger partial charge is 0.369 e. The number of carbonyl (C=O) groups is 1. The van der Waals surface area contributed by atoms with Crippen molar-refractivity contribution < 1.29 is 13.6 Å². The average molecular weight is 626 g/mol. The minimum Gasteiger partial charge on any atom is -0.369 e. The van der Waals surface area contributed by atoms with Gasteiger partial charge >= 0.3 is 0 Å². The smallest absolute Gasteiger partial charge is 0.248 e. The molecular weight excluding hydrogens is 588 g/mol. The van der Waals surface area contributed by atoms with E-state index in [1.165, 1.54) is 6.20 Å². The first kappa shape index (κ1) is 31.1. The third-order valence-electron chi connectivity index (χ3n) is 8.95. The van der Waals surface area contributed by atoms with Crippen LogP contribution in [0.15, 0.2) is 67.3 Å². The third kappa shape index (κ3) is 7.47. The third-order valence-corrected chi connectivity index (χ3v) is 8.95. The van der Waals surface area contributed by atoms with E-state index in [1.807, 2.05) is 55.7 Å². The number of hydrogen-bond acceptors (Lipinski definition) is 8. The highest BCUT2D eigenvalue weighted by atomic mass is 19.3. The van der Waals surface area contributed by atoms with Gasteiger partial charge < -0.3 is 16.0 Å². The Kier molecular flexibility index (Phi) is 9.19. The zero-order chi connectivity index (χ0) is 32.1. The van der Waals surface area contributed by atoms with E-state index in [0.29, 0.717) is 24.9 Å². The number of anilines is 2. The number of aryl methyl sites for hydroxylation is 1. The minimum absolute atomic E-state index is 0.0442. The number of pyridine rings is 1. The summed E-state index contributed by atoms with van der Waals surface area (Å²) in [6.07, 6.45) is 9.85. The van der Waals surface area contributed by atoms with Crippen LogP contribution in [0.4, 0.5) is 20.5 Å². The summed E-state index contributed by atoms with van der Waals surface area (Å²) in [5.41, 5.74) is 3.95. The maximum Gasteiger partial charge on any atom is 0.248 e. The van der Waals surface area contributed by atoms with Crippen LogP contribution in [0.3, 0.4) is 0 Å². The first-order valence-electron chi connectivity index (χ1n) is 15.7. The van der Waals surface area contributed by atoms with Gasteiger partial charge in [0.1, 0.15) is 17.5 Å². The number of alkyl halides is 2. The molecule has 0 spiro atoms. The van der Waals surface area contributed by atoms with Crippen LogP contribution < -0.4 is 16.0 Å². The van der Waals surface area contributed by atoms with Crippen LogP contribution in [0.25, 0.3) is 11.1 Å². The lowest BCUT2D eigenvalue weighted by atomic mass is 9.76. The Morgan fingerprint density at radius 2 is 1.83 bits per heavy atom. The average Bonchev–Trinajstić information content (AvgIpc) is 3.49. The molecule has 2 aliphatic carbocycles. The Morgan fingerprint density at radius 1 is 1.04 bits per heavy atom. The van der Waals surface area contributed by atoms with Crippen molar-refractivity contribution in [2.24, 2.45) is 18.9 Å². The summed E-state index contributed by atoms with van der Waals surface area (Å²) in [4.78, 5) is 27.3. The molecule has 4 aromatic rings. The molecule has 2 fully saturated rings. The summed E-state index contributed by atoms with van der Waals surface area (Å²) < 4.78 is 28.2. The number of benzene rings is 1. The molecule has 3 heterocycles. The van der Waals surface area contributed by atoms with Crippen molar-refractivity contribution in [3.05, 3.63) is 84.1 Å². The van der Waals surface area contributed by atoms with Crippen molar-refractivity contribution in [2.45, 2.75) is 63.0 Å². The lowest BCUT2D eigenvalue weighted by Gasteiger charge is -2.35. The maximum atomic E-state index is 13.7. The topological polar surface area (TPSA) is 133 Å². The van der Waals surface area contributed by atoms with Crippen molar-refractivity contribution in [2.75, 3.05) is 17.2 Å². The van der Waals surface area contributed by atoms with Gasteiger partial charge in [0.2, 0.25) is 17.8 Å². The number of nitrogens with one attached hydrogen (secondary N) is 3. The minimum atomic E-state index is -2.59. The fourth-order valence-corrected chi connectivity index (χ4v) is 6.43. The van der Waals surface area contributed by atoms with Crippen LogP contribution in [0.2, 0.25) is 0 Å². The first-order chi connectivity index (χ1) is 22.3. The lowest BCUT2D eigenvalue weighted by molar-refractivity contribution is -0.124. The second-order valence-electron chi connectivity index (χ2n) is 12.4. The first-order valence-corrected chi connectivity index (χ1v) is 15.7. The molecule has 3 N–H and O–H groups in total. The highest BCUT2D eigenvalue weighted by molar-refractivity contribution is 5.83. The van der Waals surface area contributed by atoms with Crippen molar-refractivity contribution in [1.29, 1.82) is 5.26 Å². The van der Waals surface area contributed by atoms with E-state index in [1.54, 1.807) is 17.1 Å². The number of hydrogen-bond donors (Lipinski definition) is 3. The predicted molar refractivity (Wildman–Crippen MR) is 170 cm³/mol. The Bertz CT molecular complexity index is 1670. The van der Waals surface area contributed by atoms with Crippen molar-refractivity contribution in [1.82, 2.24) is 30.0 Å². The predicted octanol–water partition coefficient (Wildman–Crippen LogP) is 5.67. The summed E-state index contributed by atoms with van der Waals surface area (Å²) in [5.74, 6) is -2.38. The van der Waals surface area contributed by atoms with E-state index in [2.05, 4.69) is 37.1 Å². The molecule has 0 saturated heterocycles. The molecule has 12 heteroatoms. The van der Waals surface area contributed by atoms with Gasteiger partial charge in [-0.1, -0.05) is 36.4 Å². The number of amides is 1. The molecular formula is C34H37F2N9O. The van der Waals surface area contributed by atoms with Crippen molar-refractivity contribution in [3.63, 3.8) is 0 Å². The number of carbonyl (C=O) groups excluding carboxylic acids is 1. The second kappa shape index (κ2) is 13.6. The molecule has 0 aliphatic heterocycles. The molecule has 6 rings (SSSR count). The van der Waals surface area contributed by atoms with Gasteiger partial charge in [0.25, 0.3) is 0 Å². The number of rotatable bonds is 11. The number of nitriles is 1. The van der Waals surface area contributed by atoms with Crippen LogP contribution in [0, 0.1) is 23.2 Å². The van der Waals surface area contributed by atoms with E-state index in [-0.39, 0.29) is 42.2 Å². The molecule has 1 aromatic carbocycles. The molecule has 0 bridgehead atoms. The fraction of sp³-hybridized carbons (Fsp3) is 0.412. The molecule has 2 saturated carbocycles. The Balaban J connectivity index is 1.11. The number of aromatic nitrogens is 5. The van der Waals surface area contributed by atoms with Gasteiger partial charge in [-0.25, -0.2) is 13.8 Å². The van der Waals surface area contributed by atoms with Crippen LogP contribution in [-0.4, -0.2) is 49.1 Å². The van der Waals surface area contributed by atoms with E-state index in [0.717, 1.165) is 48.1 Å². The highest BCUT2D eigenvalue weighted by Crippen LogP contribution is 2.42. The van der Waals surface area contributed by atoms with Gasteiger partial charge in [0, 0.05) is 62.5 Å². The van der Waals surface area contributed by atoms with Crippen LogP contribution in [0.5, 0.6) is 0 Å². The normalized spacial score (nSPS) is 19.8. The quantitative estimate of drug-likeness (QED) is 0.194. The van der Waals surface area contributed by atoms with Gasteiger partial charge in [0.05, 0.1) is 24.0 Å². The molecule has 0 radical (unpaired) electrons. The summed E-state index contributed by atoms with van der Waals surface area (Å²) in [6.45, 7) is 0.771. The fourth-order valence-electron chi connectivity index (χ4n) is 6.43. The number of nitrogens with zero attached hydrogens (tertiary/aromatic N) is 6. The van der Waals surface area contributed by atoms with Crippen LogP contribution in [-0.2, 0) is 18.4 Å². The molecule has 1 unspecified atom stereocenters. The highest BCUT2D eigenvalue weighted by Gasteiger charge is 2.45.